The molecule has 1 saturated heterocycles. The normalized spacial score (nSPS) is 22.6. The quantitative estimate of drug-likeness (QED) is 0.694. The molecule has 0 aliphatic carbocycles. The lowest BCUT2D eigenvalue weighted by Crippen LogP contribution is -2.56. The molecule has 1 heterocycles. The first-order chi connectivity index (χ1) is 9.75. The maximum Gasteiger partial charge on any atom is 0.318 e. The van der Waals surface area contributed by atoms with E-state index in [0.29, 0.717) is 13.2 Å². The van der Waals surface area contributed by atoms with Gasteiger partial charge in [-0.25, -0.2) is 13.2 Å². The number of carbonyl (C=O) groups excluding carboxylic acids is 1. The third kappa shape index (κ3) is 5.88. The number of carboxylic acid groups (broad SMARTS) is 1. The first-order valence-electron chi connectivity index (χ1n) is 6.82. The van der Waals surface area contributed by atoms with Gasteiger partial charge >= 0.3 is 12.0 Å². The van der Waals surface area contributed by atoms with Crippen molar-refractivity contribution in [3.05, 3.63) is 0 Å². The molecule has 2 N–H and O–H groups in total. The molecule has 0 radical (unpaired) electrons. The Hall–Kier alpha value is -1.35. The molecule has 122 valence electrons. The van der Waals surface area contributed by atoms with Gasteiger partial charge in [-0.1, -0.05) is 0 Å². The molecule has 2 atom stereocenters. The third-order valence-corrected chi connectivity index (χ3v) is 4.84. The lowest BCUT2D eigenvalue weighted by atomic mass is 10.2. The summed E-state index contributed by atoms with van der Waals surface area (Å²) in [6.45, 7) is 4.49. The molecule has 9 heteroatoms. The Morgan fingerprint density at radius 1 is 1.48 bits per heavy atom. The van der Waals surface area contributed by atoms with Crippen molar-refractivity contribution in [3.8, 4) is 0 Å². The van der Waals surface area contributed by atoms with Crippen LogP contribution in [0.2, 0.25) is 0 Å². The van der Waals surface area contributed by atoms with E-state index in [4.69, 9.17) is 9.84 Å². The van der Waals surface area contributed by atoms with E-state index in [9.17, 15) is 18.0 Å². The van der Waals surface area contributed by atoms with Crippen molar-refractivity contribution in [2.24, 2.45) is 0 Å². The van der Waals surface area contributed by atoms with Crippen LogP contribution in [0.15, 0.2) is 0 Å². The van der Waals surface area contributed by atoms with E-state index in [1.807, 2.05) is 6.92 Å². The molecule has 0 aromatic carbocycles. The summed E-state index contributed by atoms with van der Waals surface area (Å²) in [4.78, 5) is 24.3. The smallest absolute Gasteiger partial charge is 0.318 e. The van der Waals surface area contributed by atoms with E-state index in [2.05, 4.69) is 5.32 Å². The average molecular weight is 322 g/mol. The van der Waals surface area contributed by atoms with Crippen molar-refractivity contribution in [2.75, 3.05) is 31.3 Å². The minimum atomic E-state index is -3.30. The topological polar surface area (TPSA) is 113 Å². The van der Waals surface area contributed by atoms with E-state index in [0.717, 1.165) is 0 Å². The van der Waals surface area contributed by atoms with E-state index in [-0.39, 0.29) is 30.5 Å². The van der Waals surface area contributed by atoms with Gasteiger partial charge in [0.05, 0.1) is 36.6 Å². The predicted octanol–water partition coefficient (Wildman–Crippen LogP) is -0.305. The molecular weight excluding hydrogens is 300 g/mol. The fraction of sp³-hybridized carbons (Fsp3) is 0.833. The first-order valence-corrected chi connectivity index (χ1v) is 8.64. The van der Waals surface area contributed by atoms with Gasteiger partial charge in [0.2, 0.25) is 0 Å². The van der Waals surface area contributed by atoms with Gasteiger partial charge < -0.3 is 20.1 Å². The zero-order valence-corrected chi connectivity index (χ0v) is 13.1. The highest BCUT2D eigenvalue weighted by Gasteiger charge is 2.35. The van der Waals surface area contributed by atoms with Crippen LogP contribution >= 0.6 is 0 Å². The second-order valence-electron chi connectivity index (χ2n) is 5.07. The zero-order valence-electron chi connectivity index (χ0n) is 12.2. The number of hydrogen-bond donors (Lipinski definition) is 2. The fourth-order valence-corrected chi connectivity index (χ4v) is 3.68. The molecule has 8 nitrogen and oxygen atoms in total. The Labute approximate surface area is 124 Å². The van der Waals surface area contributed by atoms with Crippen molar-refractivity contribution in [2.45, 2.75) is 32.4 Å². The SMILES string of the molecule is CCOCC(C)NC(=O)N1CCS(=O)(=O)CC1CC(=O)O. The predicted molar refractivity (Wildman–Crippen MR) is 75.9 cm³/mol. The highest BCUT2D eigenvalue weighted by Crippen LogP contribution is 2.15. The summed E-state index contributed by atoms with van der Waals surface area (Å²) >= 11 is 0. The lowest BCUT2D eigenvalue weighted by Gasteiger charge is -2.35. The van der Waals surface area contributed by atoms with Gasteiger partial charge in [0, 0.05) is 13.2 Å². The number of sulfone groups is 1. The summed E-state index contributed by atoms with van der Waals surface area (Å²) in [5, 5.41) is 11.5. The summed E-state index contributed by atoms with van der Waals surface area (Å²) in [6.07, 6.45) is -0.382. The van der Waals surface area contributed by atoms with Gasteiger partial charge in [-0.3, -0.25) is 4.79 Å². The highest BCUT2D eigenvalue weighted by molar-refractivity contribution is 7.91. The molecule has 21 heavy (non-hydrogen) atoms. The summed E-state index contributed by atoms with van der Waals surface area (Å²) < 4.78 is 28.4. The van der Waals surface area contributed by atoms with Crippen LogP contribution in [0.3, 0.4) is 0 Å². The third-order valence-electron chi connectivity index (χ3n) is 3.14. The number of ether oxygens (including phenoxy) is 1. The summed E-state index contributed by atoms with van der Waals surface area (Å²) in [6, 6.07) is -1.52. The molecule has 0 aromatic rings. The number of amides is 2. The van der Waals surface area contributed by atoms with E-state index in [1.54, 1.807) is 6.92 Å². The first kappa shape index (κ1) is 17.7. The molecule has 0 spiro atoms. The van der Waals surface area contributed by atoms with Gasteiger partial charge in [-0.05, 0) is 13.8 Å². The fourth-order valence-electron chi connectivity index (χ4n) is 2.15. The monoisotopic (exact) mass is 322 g/mol. The molecule has 1 rings (SSSR count). The average Bonchev–Trinajstić information content (AvgIpc) is 2.34. The van der Waals surface area contributed by atoms with Crippen molar-refractivity contribution in [3.63, 3.8) is 0 Å². The van der Waals surface area contributed by atoms with Crippen molar-refractivity contribution >= 4 is 21.8 Å². The summed E-state index contributed by atoms with van der Waals surface area (Å²) in [7, 11) is -3.30. The Bertz CT molecular complexity index is 478. The van der Waals surface area contributed by atoms with Crippen LogP contribution in [0.4, 0.5) is 4.79 Å². The molecule has 0 saturated carbocycles. The van der Waals surface area contributed by atoms with Crippen LogP contribution in [-0.4, -0.2) is 73.8 Å². The molecule has 2 unspecified atom stereocenters. The second kappa shape index (κ2) is 7.60. The second-order valence-corrected chi connectivity index (χ2v) is 7.30. The minimum absolute atomic E-state index is 0.00741. The number of carbonyl (C=O) groups is 2. The lowest BCUT2D eigenvalue weighted by molar-refractivity contribution is -0.138. The van der Waals surface area contributed by atoms with E-state index < -0.39 is 27.9 Å². The van der Waals surface area contributed by atoms with Crippen LogP contribution in [0, 0.1) is 0 Å². The molecule has 0 bridgehead atoms. The van der Waals surface area contributed by atoms with Crippen LogP contribution in [0.1, 0.15) is 20.3 Å². The minimum Gasteiger partial charge on any atom is -0.481 e. The largest absolute Gasteiger partial charge is 0.481 e. The van der Waals surface area contributed by atoms with Gasteiger partial charge in [0.1, 0.15) is 0 Å². The molecule has 1 aliphatic heterocycles. The number of carboxylic acids is 1. The van der Waals surface area contributed by atoms with Crippen molar-refractivity contribution in [1.29, 1.82) is 0 Å². The zero-order chi connectivity index (χ0) is 16.0. The number of nitrogens with one attached hydrogen (secondary N) is 1. The van der Waals surface area contributed by atoms with Crippen molar-refractivity contribution < 1.29 is 27.9 Å². The molecule has 2 amide bonds. The Morgan fingerprint density at radius 3 is 2.71 bits per heavy atom. The summed E-state index contributed by atoms with van der Waals surface area (Å²) in [5.74, 6) is -1.58. The van der Waals surface area contributed by atoms with Crippen LogP contribution in [-0.2, 0) is 19.4 Å². The molecule has 0 aromatic heterocycles. The molecule has 1 fully saturated rings. The van der Waals surface area contributed by atoms with Gasteiger partial charge in [0.25, 0.3) is 0 Å². The van der Waals surface area contributed by atoms with Crippen molar-refractivity contribution in [1.82, 2.24) is 10.2 Å². The van der Waals surface area contributed by atoms with Gasteiger partial charge in [-0.15, -0.1) is 0 Å². The maximum atomic E-state index is 12.1. The van der Waals surface area contributed by atoms with Gasteiger partial charge in [0.15, 0.2) is 9.84 Å². The Kier molecular flexibility index (Phi) is 6.41. The number of rotatable bonds is 6. The van der Waals surface area contributed by atoms with E-state index in [1.165, 1.54) is 4.90 Å². The maximum absolute atomic E-state index is 12.1. The van der Waals surface area contributed by atoms with Gasteiger partial charge in [-0.2, -0.15) is 0 Å². The number of nitrogens with zero attached hydrogens (tertiary/aromatic N) is 1. The number of urea groups is 1. The Balaban J connectivity index is 2.68. The number of hydrogen-bond acceptors (Lipinski definition) is 5. The van der Waals surface area contributed by atoms with Crippen LogP contribution in [0.5, 0.6) is 0 Å². The Morgan fingerprint density at radius 2 is 2.14 bits per heavy atom. The number of aliphatic carboxylic acids is 1. The van der Waals surface area contributed by atoms with Crippen LogP contribution in [0.25, 0.3) is 0 Å². The van der Waals surface area contributed by atoms with E-state index >= 15 is 0 Å². The molecular formula is C12H22N2O6S. The molecule has 1 aliphatic rings. The standard InChI is InChI=1S/C12H22N2O6S/c1-3-20-7-9(2)13-12(17)14-4-5-21(18,19)8-10(14)6-11(15)16/h9-10H,3-8H2,1-2H3,(H,13,17)(H,15,16). The van der Waals surface area contributed by atoms with Crippen LogP contribution < -0.4 is 5.32 Å². The summed E-state index contributed by atoms with van der Waals surface area (Å²) in [5.41, 5.74) is 0. The highest BCUT2D eigenvalue weighted by atomic mass is 32.2.